The van der Waals surface area contributed by atoms with E-state index in [0.29, 0.717) is 12.8 Å². The van der Waals surface area contributed by atoms with Gasteiger partial charge in [-0.05, 0) is 37.5 Å². The van der Waals surface area contributed by atoms with E-state index in [4.69, 9.17) is 20.1 Å². The number of hydrogen-bond acceptors (Lipinski definition) is 4. The molecular weight excluding hydrogens is 488 g/mol. The minimum absolute atomic E-state index is 0. The van der Waals surface area contributed by atoms with Crippen molar-refractivity contribution in [3.8, 4) is 0 Å². The first kappa shape index (κ1) is 40.5. The third kappa shape index (κ3) is 40.0. The van der Waals surface area contributed by atoms with Gasteiger partial charge in [-0.3, -0.25) is 20.1 Å². The van der Waals surface area contributed by atoms with Crippen LogP contribution in [0, 0.1) is 11.8 Å². The molecule has 0 saturated heterocycles. The molecule has 0 saturated carbocycles. The average Bonchev–Trinajstić information content (AvgIpc) is 2.69. The van der Waals surface area contributed by atoms with Gasteiger partial charge in [-0.1, -0.05) is 77.8 Å². The predicted molar refractivity (Wildman–Crippen MR) is 121 cm³/mol. The third-order valence-electron chi connectivity index (χ3n) is 3.77. The van der Waals surface area contributed by atoms with Gasteiger partial charge in [0.05, 0.1) is 0 Å². The number of carboxylic acids is 2. The minimum atomic E-state index is -0.893. The van der Waals surface area contributed by atoms with Crippen molar-refractivity contribution in [2.75, 3.05) is 0 Å². The van der Waals surface area contributed by atoms with E-state index >= 15 is 0 Å². The monoisotopic (exact) mass is 527 g/mol. The van der Waals surface area contributed by atoms with Crippen LogP contribution in [-0.2, 0) is 26.4 Å². The number of hydrogen-bond donors (Lipinski definition) is 0. The molecule has 4 nitrogen and oxygen atoms in total. The van der Waals surface area contributed by atoms with E-state index in [-0.39, 0.29) is 57.2 Å². The minimum Gasteiger partial charge on any atom is -0.550 e. The van der Waals surface area contributed by atoms with Gasteiger partial charge >= 0.3 is 45.4 Å². The van der Waals surface area contributed by atoms with Crippen LogP contribution in [0.3, 0.4) is 0 Å². The van der Waals surface area contributed by atoms with Crippen molar-refractivity contribution in [3.63, 3.8) is 0 Å². The largest absolute Gasteiger partial charge is 2.00 e. The molecule has 0 aliphatic heterocycles. The summed E-state index contributed by atoms with van der Waals surface area (Å²) in [6, 6.07) is 0. The number of carbonyl (C=O) groups is 2. The van der Waals surface area contributed by atoms with Gasteiger partial charge in [-0.15, -0.1) is 0 Å². The summed E-state index contributed by atoms with van der Waals surface area (Å²) in [6.07, 6.45) is 7.04. The molecule has 2 atom stereocenters. The van der Waals surface area contributed by atoms with Crippen LogP contribution in [0.5, 0.6) is 0 Å². The number of unbranched alkanes of at least 4 members (excludes halogenated alkanes) is 2. The van der Waals surface area contributed by atoms with Crippen LogP contribution in [0.25, 0.3) is 0 Å². The number of rotatable bonds is 12. The molecule has 0 aromatic rings. The van der Waals surface area contributed by atoms with Crippen LogP contribution in [0.1, 0.15) is 92.9 Å². The molecule has 29 heavy (non-hydrogen) atoms. The van der Waals surface area contributed by atoms with E-state index in [2.05, 4.69) is 27.7 Å². The molecule has 3 radical (unpaired) electrons. The SMILES string of the molecule is CCCCC(CC)C(=O)[O-].CCCCC(CC)C(=O)[O-].C[CH2][Al][Cl].C[CH2][Al][Cl].[Co+2]. The van der Waals surface area contributed by atoms with Crippen molar-refractivity contribution in [3.05, 3.63) is 0 Å². The first-order valence-electron chi connectivity index (χ1n) is 10.5. The number of halogens is 2. The van der Waals surface area contributed by atoms with E-state index in [1.807, 2.05) is 13.8 Å². The van der Waals surface area contributed by atoms with Crippen LogP contribution >= 0.6 is 20.1 Å². The standard InChI is InChI=1S/2C8H16O2.2C2H5.2Al.2ClH.Co/c2*1-3-5-6-7(4-2)8(9)10;2*1-2;;;;;/h2*7H,3-6H2,1-2H3,(H,9,10);2*1H2,2H3;;;2*1H;/q;;;;2*+1;;;+2/p-4. The summed E-state index contributed by atoms with van der Waals surface area (Å²) < 4.78 is 0. The molecular formula is C20H40Al2Cl2CoO4. The maximum Gasteiger partial charge on any atom is 2.00 e. The topological polar surface area (TPSA) is 80.3 Å². The quantitative estimate of drug-likeness (QED) is 0.351. The average molecular weight is 528 g/mol. The van der Waals surface area contributed by atoms with Crippen LogP contribution in [-0.4, -0.2) is 40.5 Å². The van der Waals surface area contributed by atoms with Crippen molar-refractivity contribution in [2.24, 2.45) is 11.8 Å². The summed E-state index contributed by atoms with van der Waals surface area (Å²) in [5.41, 5.74) is 0. The summed E-state index contributed by atoms with van der Waals surface area (Å²) in [6.45, 7) is 12.1. The van der Waals surface area contributed by atoms with Gasteiger partial charge in [-0.2, -0.15) is 0 Å². The first-order chi connectivity index (χ1) is 13.3. The fourth-order valence-electron chi connectivity index (χ4n) is 1.88. The second-order valence-electron chi connectivity index (χ2n) is 6.26. The fraction of sp³-hybridized carbons (Fsp3) is 0.900. The molecule has 0 aromatic carbocycles. The molecule has 9 heteroatoms. The van der Waals surface area contributed by atoms with Crippen LogP contribution < -0.4 is 10.2 Å². The van der Waals surface area contributed by atoms with Crippen molar-refractivity contribution < 1.29 is 36.6 Å². The normalized spacial score (nSPS) is 10.8. The molecule has 0 aliphatic carbocycles. The molecule has 0 bridgehead atoms. The molecule has 0 rings (SSSR count). The zero-order valence-corrected chi connectivity index (χ0v) is 24.0. The van der Waals surface area contributed by atoms with Gasteiger partial charge in [0.2, 0.25) is 0 Å². The second-order valence-corrected chi connectivity index (χ2v) is 10.4. The molecule has 2 unspecified atom stereocenters. The van der Waals surface area contributed by atoms with E-state index < -0.39 is 11.9 Å². The molecule has 0 fully saturated rings. The Labute approximate surface area is 211 Å². The Kier molecular flexibility index (Phi) is 50.9. The maximum atomic E-state index is 10.3. The summed E-state index contributed by atoms with van der Waals surface area (Å²) in [4.78, 5) is 20.7. The summed E-state index contributed by atoms with van der Waals surface area (Å²) in [5, 5.41) is 23.0. The Hall–Kier alpha value is 1.09. The smallest absolute Gasteiger partial charge is 0.550 e. The van der Waals surface area contributed by atoms with Gasteiger partial charge in [0.15, 0.2) is 0 Å². The number of carboxylic acid groups (broad SMARTS) is 2. The van der Waals surface area contributed by atoms with Gasteiger partial charge in [-0.25, -0.2) is 0 Å². The van der Waals surface area contributed by atoms with E-state index in [9.17, 15) is 19.8 Å². The third-order valence-corrected chi connectivity index (χ3v) is 6.24. The van der Waals surface area contributed by atoms with E-state index in [1.165, 1.54) is 10.6 Å². The predicted octanol–water partition coefficient (Wildman–Crippen LogP) is 4.47. The van der Waals surface area contributed by atoms with E-state index in [1.54, 1.807) is 0 Å². The molecule has 0 aliphatic rings. The Morgan fingerprint density at radius 3 is 1.07 bits per heavy atom. The Morgan fingerprint density at radius 2 is 0.966 bits per heavy atom. The van der Waals surface area contributed by atoms with Crippen molar-refractivity contribution in [1.82, 2.24) is 0 Å². The molecule has 0 aromatic heterocycles. The maximum absolute atomic E-state index is 10.3. The fourth-order valence-corrected chi connectivity index (χ4v) is 1.88. The van der Waals surface area contributed by atoms with Crippen LogP contribution in [0.2, 0.25) is 10.6 Å². The van der Waals surface area contributed by atoms with Gasteiger partial charge in [0, 0.05) is 11.9 Å². The molecule has 0 N–H and O–H groups in total. The molecule has 0 amide bonds. The zero-order valence-electron chi connectivity index (χ0n) is 19.1. The van der Waals surface area contributed by atoms with E-state index in [0.717, 1.165) is 38.5 Å². The van der Waals surface area contributed by atoms with Crippen molar-refractivity contribution >= 4 is 60.6 Å². The van der Waals surface area contributed by atoms with Gasteiger partial charge < -0.3 is 19.8 Å². The van der Waals surface area contributed by atoms with Crippen molar-refractivity contribution in [2.45, 2.75) is 103 Å². The van der Waals surface area contributed by atoms with Crippen molar-refractivity contribution in [1.29, 1.82) is 0 Å². The number of aliphatic carboxylic acids is 2. The molecule has 0 heterocycles. The first-order valence-corrected chi connectivity index (χ1v) is 15.6. The Bertz CT molecular complexity index is 295. The zero-order chi connectivity index (χ0) is 22.8. The molecule has 0 spiro atoms. The van der Waals surface area contributed by atoms with Crippen LogP contribution in [0.15, 0.2) is 0 Å². The van der Waals surface area contributed by atoms with Crippen LogP contribution in [0.4, 0.5) is 0 Å². The summed E-state index contributed by atoms with van der Waals surface area (Å²) in [5.74, 6) is -2.23. The number of carbonyl (C=O) groups excluding carboxylic acids is 2. The Balaban J connectivity index is -0.0000000950. The van der Waals surface area contributed by atoms with Gasteiger partial charge in [0.25, 0.3) is 0 Å². The summed E-state index contributed by atoms with van der Waals surface area (Å²) in [7, 11) is 10.5. The molecule has 173 valence electrons. The second kappa shape index (κ2) is 36.5. The van der Waals surface area contributed by atoms with Gasteiger partial charge in [0.1, 0.15) is 0 Å². The Morgan fingerprint density at radius 1 is 0.724 bits per heavy atom. The summed E-state index contributed by atoms with van der Waals surface area (Å²) >= 11 is 0.509.